The van der Waals surface area contributed by atoms with Gasteiger partial charge in [-0.05, 0) is 20.8 Å². The van der Waals surface area contributed by atoms with Gasteiger partial charge in [-0.3, -0.25) is 0 Å². The van der Waals surface area contributed by atoms with Crippen molar-refractivity contribution < 1.29 is 14.2 Å². The van der Waals surface area contributed by atoms with Crippen molar-refractivity contribution in [3.63, 3.8) is 0 Å². The zero-order valence-electron chi connectivity index (χ0n) is 11.7. The summed E-state index contributed by atoms with van der Waals surface area (Å²) in [4.78, 5) is 8.39. The van der Waals surface area contributed by atoms with Crippen LogP contribution in [0.5, 0.6) is 5.88 Å². The average Bonchev–Trinajstić information content (AvgIpc) is 2.41. The molecule has 1 heterocycles. The van der Waals surface area contributed by atoms with E-state index in [1.54, 1.807) is 6.07 Å². The number of nitrogens with one attached hydrogen (secondary N) is 1. The van der Waals surface area contributed by atoms with Crippen LogP contribution in [-0.2, 0) is 16.1 Å². The van der Waals surface area contributed by atoms with Crippen molar-refractivity contribution in [3.05, 3.63) is 11.9 Å². The molecule has 3 N–H and O–H groups in total. The third kappa shape index (κ3) is 6.32. The second-order valence-electron chi connectivity index (χ2n) is 4.06. The summed E-state index contributed by atoms with van der Waals surface area (Å²) in [7, 11) is 0. The van der Waals surface area contributed by atoms with Gasteiger partial charge < -0.3 is 19.6 Å². The van der Waals surface area contributed by atoms with Crippen molar-refractivity contribution in [2.45, 2.75) is 33.5 Å². The van der Waals surface area contributed by atoms with Gasteiger partial charge in [0.15, 0.2) is 5.82 Å². The summed E-state index contributed by atoms with van der Waals surface area (Å²) in [6.07, 6.45) is 0.184. The van der Waals surface area contributed by atoms with Crippen LogP contribution in [0, 0.1) is 0 Å². The lowest BCUT2D eigenvalue weighted by atomic mass is 10.5. The van der Waals surface area contributed by atoms with E-state index >= 15 is 0 Å². The molecule has 1 aromatic heterocycles. The fourth-order valence-electron chi connectivity index (χ4n) is 1.31. The quantitative estimate of drug-likeness (QED) is 0.394. The first kappa shape index (κ1) is 15.6. The van der Waals surface area contributed by atoms with Gasteiger partial charge in [0.25, 0.3) is 0 Å². The Labute approximate surface area is 113 Å². The molecule has 0 fully saturated rings. The van der Waals surface area contributed by atoms with Crippen LogP contribution in [0.2, 0.25) is 0 Å². The summed E-state index contributed by atoms with van der Waals surface area (Å²) in [6, 6.07) is 1.63. The van der Waals surface area contributed by atoms with E-state index in [1.165, 1.54) is 0 Å². The molecule has 0 spiro atoms. The SMILES string of the molecule is CCOCc1nc(NN)cc(OCCOC(C)C)n1. The van der Waals surface area contributed by atoms with E-state index in [4.69, 9.17) is 20.1 Å². The number of rotatable bonds is 9. The molecule has 7 nitrogen and oxygen atoms in total. The molecule has 0 saturated carbocycles. The van der Waals surface area contributed by atoms with Crippen molar-refractivity contribution >= 4 is 5.82 Å². The molecule has 0 atom stereocenters. The minimum absolute atomic E-state index is 0.184. The number of hydrogen-bond donors (Lipinski definition) is 2. The van der Waals surface area contributed by atoms with Crippen LogP contribution >= 0.6 is 0 Å². The van der Waals surface area contributed by atoms with Gasteiger partial charge in [0.2, 0.25) is 5.88 Å². The van der Waals surface area contributed by atoms with Crippen LogP contribution in [0.15, 0.2) is 6.07 Å². The number of ether oxygens (including phenoxy) is 3. The monoisotopic (exact) mass is 270 g/mol. The maximum Gasteiger partial charge on any atom is 0.218 e. The molecule has 0 amide bonds. The molecular weight excluding hydrogens is 248 g/mol. The van der Waals surface area contributed by atoms with Crippen molar-refractivity contribution in [1.82, 2.24) is 9.97 Å². The van der Waals surface area contributed by atoms with Gasteiger partial charge in [-0.15, -0.1) is 0 Å². The summed E-state index contributed by atoms with van der Waals surface area (Å²) in [5, 5.41) is 0. The molecule has 0 bridgehead atoms. The maximum atomic E-state index is 5.49. The highest BCUT2D eigenvalue weighted by molar-refractivity contribution is 5.36. The van der Waals surface area contributed by atoms with Crippen LogP contribution in [0.4, 0.5) is 5.82 Å². The Kier molecular flexibility index (Phi) is 7.09. The van der Waals surface area contributed by atoms with Crippen molar-refractivity contribution in [1.29, 1.82) is 0 Å². The smallest absolute Gasteiger partial charge is 0.218 e. The van der Waals surface area contributed by atoms with E-state index < -0.39 is 0 Å². The van der Waals surface area contributed by atoms with Gasteiger partial charge in [-0.1, -0.05) is 0 Å². The number of hydrogen-bond acceptors (Lipinski definition) is 7. The normalized spacial score (nSPS) is 10.8. The van der Waals surface area contributed by atoms with E-state index in [-0.39, 0.29) is 6.10 Å². The van der Waals surface area contributed by atoms with Crippen LogP contribution < -0.4 is 16.0 Å². The topological polar surface area (TPSA) is 91.5 Å². The maximum absolute atomic E-state index is 5.49. The highest BCUT2D eigenvalue weighted by Crippen LogP contribution is 2.13. The lowest BCUT2D eigenvalue weighted by Gasteiger charge is -2.10. The zero-order chi connectivity index (χ0) is 14.1. The van der Waals surface area contributed by atoms with E-state index in [9.17, 15) is 0 Å². The molecule has 0 aliphatic heterocycles. The summed E-state index contributed by atoms with van der Waals surface area (Å²) in [5.41, 5.74) is 2.47. The third-order valence-corrected chi connectivity index (χ3v) is 2.12. The lowest BCUT2D eigenvalue weighted by molar-refractivity contribution is 0.0540. The van der Waals surface area contributed by atoms with Crippen molar-refractivity contribution in [2.24, 2.45) is 5.84 Å². The largest absolute Gasteiger partial charge is 0.475 e. The molecule has 0 unspecified atom stereocenters. The number of aromatic nitrogens is 2. The molecule has 1 aromatic rings. The van der Waals surface area contributed by atoms with Crippen LogP contribution in [0.3, 0.4) is 0 Å². The molecule has 19 heavy (non-hydrogen) atoms. The van der Waals surface area contributed by atoms with E-state index in [2.05, 4.69) is 15.4 Å². The minimum atomic E-state index is 0.184. The lowest BCUT2D eigenvalue weighted by Crippen LogP contribution is -2.14. The first-order chi connectivity index (χ1) is 9.15. The number of nitrogen functional groups attached to an aromatic ring is 1. The summed E-state index contributed by atoms with van der Waals surface area (Å²) in [5.74, 6) is 6.81. The molecule has 1 rings (SSSR count). The Morgan fingerprint density at radius 1 is 1.32 bits per heavy atom. The Morgan fingerprint density at radius 2 is 2.11 bits per heavy atom. The number of nitrogens with two attached hydrogens (primary N) is 1. The molecule has 0 aromatic carbocycles. The van der Waals surface area contributed by atoms with Crippen LogP contribution in [0.1, 0.15) is 26.6 Å². The molecule has 108 valence electrons. The molecule has 0 aliphatic carbocycles. The van der Waals surface area contributed by atoms with Gasteiger partial charge in [0.05, 0.1) is 12.7 Å². The fraction of sp³-hybridized carbons (Fsp3) is 0.667. The predicted molar refractivity (Wildman–Crippen MR) is 71.8 cm³/mol. The van der Waals surface area contributed by atoms with E-state index in [0.717, 1.165) is 0 Å². The number of anilines is 1. The second-order valence-corrected chi connectivity index (χ2v) is 4.06. The Balaban J connectivity index is 2.55. The average molecular weight is 270 g/mol. The predicted octanol–water partition coefficient (Wildman–Crippen LogP) is 1.10. The van der Waals surface area contributed by atoms with Gasteiger partial charge in [-0.25, -0.2) is 10.8 Å². The Hall–Kier alpha value is -1.44. The van der Waals surface area contributed by atoms with Gasteiger partial charge in [0, 0.05) is 12.7 Å². The number of hydrazine groups is 1. The van der Waals surface area contributed by atoms with Crippen LogP contribution in [-0.4, -0.2) is 35.9 Å². The molecule has 0 radical (unpaired) electrons. The second kappa shape index (κ2) is 8.63. The van der Waals surface area contributed by atoms with Crippen LogP contribution in [0.25, 0.3) is 0 Å². The molecule has 7 heteroatoms. The first-order valence-corrected chi connectivity index (χ1v) is 6.32. The molecular formula is C12H22N4O3. The molecule has 0 saturated heterocycles. The van der Waals surface area contributed by atoms with Gasteiger partial charge in [-0.2, -0.15) is 4.98 Å². The number of nitrogens with zero attached hydrogens (tertiary/aromatic N) is 2. The highest BCUT2D eigenvalue weighted by Gasteiger charge is 2.05. The molecule has 0 aliphatic rings. The highest BCUT2D eigenvalue weighted by atomic mass is 16.5. The summed E-state index contributed by atoms with van der Waals surface area (Å²) < 4.78 is 16.1. The van der Waals surface area contributed by atoms with Gasteiger partial charge >= 0.3 is 0 Å². The van der Waals surface area contributed by atoms with Crippen molar-refractivity contribution in [2.75, 3.05) is 25.2 Å². The minimum Gasteiger partial charge on any atom is -0.475 e. The van der Waals surface area contributed by atoms with E-state index in [1.807, 2.05) is 20.8 Å². The van der Waals surface area contributed by atoms with E-state index in [0.29, 0.717) is 43.9 Å². The third-order valence-electron chi connectivity index (χ3n) is 2.12. The summed E-state index contributed by atoms with van der Waals surface area (Å²) >= 11 is 0. The van der Waals surface area contributed by atoms with Crippen molar-refractivity contribution in [3.8, 4) is 5.88 Å². The standard InChI is InChI=1S/C12H22N4O3/c1-4-17-8-11-14-10(16-13)7-12(15-11)19-6-5-18-9(2)3/h7,9H,4-6,8,13H2,1-3H3,(H,14,15,16). The summed E-state index contributed by atoms with van der Waals surface area (Å²) in [6.45, 7) is 7.71. The Bertz CT molecular complexity index is 374. The zero-order valence-corrected chi connectivity index (χ0v) is 11.7. The fourth-order valence-corrected chi connectivity index (χ4v) is 1.31. The first-order valence-electron chi connectivity index (χ1n) is 6.32. The Morgan fingerprint density at radius 3 is 2.74 bits per heavy atom. The van der Waals surface area contributed by atoms with Gasteiger partial charge in [0.1, 0.15) is 19.0 Å².